The van der Waals surface area contributed by atoms with Crippen molar-refractivity contribution in [2.24, 2.45) is 11.3 Å². The van der Waals surface area contributed by atoms with Gasteiger partial charge in [-0.05, 0) is 41.4 Å². The van der Waals surface area contributed by atoms with Gasteiger partial charge in [-0.3, -0.25) is 0 Å². The van der Waals surface area contributed by atoms with E-state index in [1.165, 1.54) is 12.1 Å². The number of benzene rings is 1. The van der Waals surface area contributed by atoms with Gasteiger partial charge in [-0.1, -0.05) is 32.9 Å². The Morgan fingerprint density at radius 2 is 1.61 bits per heavy atom. The van der Waals surface area contributed by atoms with Crippen LogP contribution in [0.5, 0.6) is 5.75 Å². The molecule has 1 saturated carbocycles. The quantitative estimate of drug-likeness (QED) is 0.744. The SMILES string of the molecule is CC(C)(C)[C@H]1C[C@@H]1c1ccc(OC(F)(F)F)cc1. The number of halogens is 3. The Bertz CT molecular complexity index is 414. The number of alkyl halides is 3. The van der Waals surface area contributed by atoms with Crippen molar-refractivity contribution in [3.8, 4) is 5.75 Å². The number of hydrogen-bond donors (Lipinski definition) is 0. The third kappa shape index (κ3) is 3.18. The summed E-state index contributed by atoms with van der Waals surface area (Å²) in [5.41, 5.74) is 1.36. The van der Waals surface area contributed by atoms with Gasteiger partial charge >= 0.3 is 6.36 Å². The van der Waals surface area contributed by atoms with Crippen molar-refractivity contribution in [3.63, 3.8) is 0 Å². The number of rotatable bonds is 2. The molecule has 0 bridgehead atoms. The fourth-order valence-corrected chi connectivity index (χ4v) is 2.44. The molecule has 1 aromatic carbocycles. The Kier molecular flexibility index (Phi) is 3.07. The lowest BCUT2D eigenvalue weighted by Gasteiger charge is -2.18. The molecule has 0 heterocycles. The highest BCUT2D eigenvalue weighted by molar-refractivity contribution is 5.33. The van der Waals surface area contributed by atoms with Crippen LogP contribution in [-0.2, 0) is 0 Å². The molecule has 0 aliphatic heterocycles. The zero-order chi connectivity index (χ0) is 13.6. The topological polar surface area (TPSA) is 9.23 Å². The molecule has 0 unspecified atom stereocenters. The van der Waals surface area contributed by atoms with E-state index < -0.39 is 6.36 Å². The largest absolute Gasteiger partial charge is 0.573 e. The van der Waals surface area contributed by atoms with Gasteiger partial charge in [-0.2, -0.15) is 0 Å². The highest BCUT2D eigenvalue weighted by atomic mass is 19.4. The van der Waals surface area contributed by atoms with Gasteiger partial charge in [-0.25, -0.2) is 0 Å². The van der Waals surface area contributed by atoms with E-state index >= 15 is 0 Å². The van der Waals surface area contributed by atoms with Crippen molar-refractivity contribution in [2.75, 3.05) is 0 Å². The summed E-state index contributed by atoms with van der Waals surface area (Å²) in [5, 5.41) is 0. The summed E-state index contributed by atoms with van der Waals surface area (Å²) in [5.74, 6) is 0.941. The summed E-state index contributed by atoms with van der Waals surface area (Å²) in [6.07, 6.45) is -3.50. The summed E-state index contributed by atoms with van der Waals surface area (Å²) >= 11 is 0. The molecule has 1 aromatic rings. The van der Waals surface area contributed by atoms with E-state index in [1.807, 2.05) is 0 Å². The van der Waals surface area contributed by atoms with Crippen molar-refractivity contribution in [1.29, 1.82) is 0 Å². The minimum Gasteiger partial charge on any atom is -0.406 e. The van der Waals surface area contributed by atoms with Gasteiger partial charge in [0.2, 0.25) is 0 Å². The molecular formula is C14H17F3O. The first-order chi connectivity index (χ1) is 8.17. The highest BCUT2D eigenvalue weighted by Crippen LogP contribution is 2.56. The van der Waals surface area contributed by atoms with Crippen LogP contribution in [-0.4, -0.2) is 6.36 Å². The molecule has 4 heteroatoms. The molecule has 2 atom stereocenters. The van der Waals surface area contributed by atoms with Crippen LogP contribution in [0.3, 0.4) is 0 Å². The summed E-state index contributed by atoms with van der Waals surface area (Å²) in [4.78, 5) is 0. The second-order valence-corrected chi connectivity index (χ2v) is 5.93. The van der Waals surface area contributed by atoms with Crippen molar-refractivity contribution in [1.82, 2.24) is 0 Å². The van der Waals surface area contributed by atoms with Gasteiger partial charge < -0.3 is 4.74 Å². The van der Waals surface area contributed by atoms with Crippen LogP contribution >= 0.6 is 0 Å². The molecule has 1 aliphatic rings. The molecule has 100 valence electrons. The first kappa shape index (κ1) is 13.2. The van der Waals surface area contributed by atoms with Gasteiger partial charge in [0.15, 0.2) is 0 Å². The third-order valence-corrected chi connectivity index (χ3v) is 3.44. The third-order valence-electron chi connectivity index (χ3n) is 3.44. The molecular weight excluding hydrogens is 241 g/mol. The lowest BCUT2D eigenvalue weighted by molar-refractivity contribution is -0.274. The van der Waals surface area contributed by atoms with Crippen LogP contribution in [0.1, 0.15) is 38.7 Å². The Balaban J connectivity index is 2.02. The van der Waals surface area contributed by atoms with Crippen LogP contribution in [0.4, 0.5) is 13.2 Å². The van der Waals surface area contributed by atoms with Crippen LogP contribution in [0.25, 0.3) is 0 Å². The van der Waals surface area contributed by atoms with Crippen molar-refractivity contribution < 1.29 is 17.9 Å². The summed E-state index contributed by atoms with van der Waals surface area (Å²) in [6, 6.07) is 6.25. The average Bonchev–Trinajstić information content (AvgIpc) is 2.95. The lowest BCUT2D eigenvalue weighted by Crippen LogP contribution is -2.17. The van der Waals surface area contributed by atoms with Crippen LogP contribution < -0.4 is 4.74 Å². The summed E-state index contributed by atoms with van der Waals surface area (Å²) < 4.78 is 39.9. The van der Waals surface area contributed by atoms with E-state index in [0.717, 1.165) is 12.0 Å². The monoisotopic (exact) mass is 258 g/mol. The minimum atomic E-state index is -4.62. The van der Waals surface area contributed by atoms with E-state index in [-0.39, 0.29) is 11.2 Å². The molecule has 0 radical (unpaired) electrons. The maximum atomic E-state index is 12.0. The van der Waals surface area contributed by atoms with Crippen molar-refractivity contribution in [3.05, 3.63) is 29.8 Å². The second kappa shape index (κ2) is 4.18. The van der Waals surface area contributed by atoms with Crippen LogP contribution in [0.15, 0.2) is 24.3 Å². The Morgan fingerprint density at radius 1 is 1.06 bits per heavy atom. The molecule has 0 spiro atoms. The maximum Gasteiger partial charge on any atom is 0.573 e. The van der Waals surface area contributed by atoms with Crippen molar-refractivity contribution in [2.45, 2.75) is 39.5 Å². The minimum absolute atomic E-state index is 0.154. The smallest absolute Gasteiger partial charge is 0.406 e. The molecule has 0 aromatic heterocycles. The molecule has 1 nitrogen and oxygen atoms in total. The van der Waals surface area contributed by atoms with Gasteiger partial charge in [-0.15, -0.1) is 13.2 Å². The van der Waals surface area contributed by atoms with E-state index in [0.29, 0.717) is 11.8 Å². The number of hydrogen-bond acceptors (Lipinski definition) is 1. The molecule has 0 saturated heterocycles. The predicted octanol–water partition coefficient (Wildman–Crippen LogP) is 4.73. The Hall–Kier alpha value is -1.19. The van der Waals surface area contributed by atoms with E-state index in [1.54, 1.807) is 12.1 Å². The van der Waals surface area contributed by atoms with E-state index in [2.05, 4.69) is 25.5 Å². The normalized spacial score (nSPS) is 23.9. The maximum absolute atomic E-state index is 12.0. The molecule has 18 heavy (non-hydrogen) atoms. The zero-order valence-corrected chi connectivity index (χ0v) is 10.7. The Morgan fingerprint density at radius 3 is 2.00 bits per heavy atom. The molecule has 1 aliphatic carbocycles. The van der Waals surface area contributed by atoms with Gasteiger partial charge in [0, 0.05) is 0 Å². The van der Waals surface area contributed by atoms with Crippen LogP contribution in [0.2, 0.25) is 0 Å². The lowest BCUT2D eigenvalue weighted by atomic mass is 9.88. The predicted molar refractivity (Wildman–Crippen MR) is 63.4 cm³/mol. The average molecular weight is 258 g/mol. The first-order valence-corrected chi connectivity index (χ1v) is 6.02. The molecule has 1 fully saturated rings. The fraction of sp³-hybridized carbons (Fsp3) is 0.571. The standard InChI is InChI=1S/C14H17F3O/c1-13(2,3)12-8-11(12)9-4-6-10(7-5-9)18-14(15,16)17/h4-7,11-12H,8H2,1-3H3/t11-,12+/m1/s1. The second-order valence-electron chi connectivity index (χ2n) is 5.93. The van der Waals surface area contributed by atoms with Gasteiger partial charge in [0.05, 0.1) is 0 Å². The molecule has 2 rings (SSSR count). The summed E-state index contributed by atoms with van der Waals surface area (Å²) in [6.45, 7) is 6.58. The van der Waals surface area contributed by atoms with Crippen LogP contribution in [0, 0.1) is 11.3 Å². The van der Waals surface area contributed by atoms with Gasteiger partial charge in [0.1, 0.15) is 5.75 Å². The fourth-order valence-electron chi connectivity index (χ4n) is 2.44. The van der Waals surface area contributed by atoms with Gasteiger partial charge in [0.25, 0.3) is 0 Å². The van der Waals surface area contributed by atoms with Crippen molar-refractivity contribution >= 4 is 0 Å². The number of ether oxygens (including phenoxy) is 1. The highest BCUT2D eigenvalue weighted by Gasteiger charge is 2.45. The molecule has 0 amide bonds. The molecule has 0 N–H and O–H groups in total. The first-order valence-electron chi connectivity index (χ1n) is 6.02. The van der Waals surface area contributed by atoms with E-state index in [4.69, 9.17) is 0 Å². The van der Waals surface area contributed by atoms with E-state index in [9.17, 15) is 13.2 Å². The zero-order valence-electron chi connectivity index (χ0n) is 10.7. The Labute approximate surface area is 105 Å². The summed E-state index contributed by atoms with van der Waals surface area (Å²) in [7, 11) is 0.